The van der Waals surface area contributed by atoms with E-state index in [1.807, 2.05) is 32.2 Å². The Morgan fingerprint density at radius 1 is 1.40 bits per heavy atom. The van der Waals surface area contributed by atoms with E-state index in [9.17, 15) is 14.4 Å². The number of hydrogen-bond acceptors (Lipinski definition) is 4. The van der Waals surface area contributed by atoms with Gasteiger partial charge in [0.15, 0.2) is 0 Å². The molecule has 3 rings (SSSR count). The van der Waals surface area contributed by atoms with Crippen molar-refractivity contribution in [1.82, 2.24) is 4.90 Å². The SMILES string of the molecule is CC(C)(C)OC(=O)N1CCC=C(c2csc3c(C#N)cc(F)cc23)C1. The van der Waals surface area contributed by atoms with Gasteiger partial charge in [-0.1, -0.05) is 6.08 Å². The highest BCUT2D eigenvalue weighted by Crippen LogP contribution is 2.35. The predicted molar refractivity (Wildman–Crippen MR) is 96.9 cm³/mol. The summed E-state index contributed by atoms with van der Waals surface area (Å²) in [4.78, 5) is 14.0. The summed E-state index contributed by atoms with van der Waals surface area (Å²) in [6.45, 7) is 6.52. The van der Waals surface area contributed by atoms with Gasteiger partial charge in [-0.15, -0.1) is 11.3 Å². The van der Waals surface area contributed by atoms with Crippen molar-refractivity contribution in [3.05, 3.63) is 40.5 Å². The maximum Gasteiger partial charge on any atom is 0.410 e. The number of carbonyl (C=O) groups is 1. The van der Waals surface area contributed by atoms with Gasteiger partial charge in [-0.25, -0.2) is 9.18 Å². The molecular weight excluding hydrogens is 339 g/mol. The summed E-state index contributed by atoms with van der Waals surface area (Å²) < 4.78 is 20.1. The quantitative estimate of drug-likeness (QED) is 0.726. The number of fused-ring (bicyclic) bond motifs is 1. The number of nitriles is 1. The maximum absolute atomic E-state index is 13.8. The highest BCUT2D eigenvalue weighted by Gasteiger charge is 2.25. The molecule has 6 heteroatoms. The van der Waals surface area contributed by atoms with E-state index in [-0.39, 0.29) is 6.09 Å². The average Bonchev–Trinajstić information content (AvgIpc) is 2.96. The van der Waals surface area contributed by atoms with Crippen LogP contribution in [0.1, 0.15) is 38.3 Å². The van der Waals surface area contributed by atoms with Crippen molar-refractivity contribution >= 4 is 33.1 Å². The second-order valence-electron chi connectivity index (χ2n) is 7.01. The van der Waals surface area contributed by atoms with Gasteiger partial charge in [0.25, 0.3) is 0 Å². The molecule has 2 heterocycles. The predicted octanol–water partition coefficient (Wildman–Crippen LogP) is 4.94. The average molecular weight is 358 g/mol. The summed E-state index contributed by atoms with van der Waals surface area (Å²) >= 11 is 1.42. The standard InChI is InChI=1S/C19H19FN2O2S/c1-19(2,3)24-18(23)22-6-4-5-12(10-22)16-11-25-17-13(9-21)7-14(20)8-15(16)17/h5,7-8,11H,4,6,10H2,1-3H3. The van der Waals surface area contributed by atoms with Gasteiger partial charge in [0, 0.05) is 18.5 Å². The van der Waals surface area contributed by atoms with Gasteiger partial charge < -0.3 is 9.64 Å². The van der Waals surface area contributed by atoms with Crippen LogP contribution in [-0.2, 0) is 4.74 Å². The zero-order valence-electron chi connectivity index (χ0n) is 14.4. The Bertz CT molecular complexity index is 903. The monoisotopic (exact) mass is 358 g/mol. The minimum absolute atomic E-state index is 0.339. The first kappa shape index (κ1) is 17.4. The lowest BCUT2D eigenvalue weighted by atomic mass is 9.99. The maximum atomic E-state index is 13.8. The molecule has 4 nitrogen and oxygen atoms in total. The van der Waals surface area contributed by atoms with E-state index in [1.54, 1.807) is 4.90 Å². The molecular formula is C19H19FN2O2S. The summed E-state index contributed by atoms with van der Waals surface area (Å²) in [5.41, 5.74) is 1.63. The van der Waals surface area contributed by atoms with Crippen molar-refractivity contribution in [1.29, 1.82) is 5.26 Å². The minimum Gasteiger partial charge on any atom is -0.444 e. The van der Waals surface area contributed by atoms with Gasteiger partial charge in [0.2, 0.25) is 0 Å². The Kier molecular flexibility index (Phi) is 4.53. The van der Waals surface area contributed by atoms with E-state index in [2.05, 4.69) is 6.08 Å². The Labute approximate surface area is 150 Å². The molecule has 0 fully saturated rings. The van der Waals surface area contributed by atoms with E-state index >= 15 is 0 Å². The van der Waals surface area contributed by atoms with E-state index < -0.39 is 11.4 Å². The Morgan fingerprint density at radius 3 is 2.84 bits per heavy atom. The lowest BCUT2D eigenvalue weighted by Crippen LogP contribution is -2.39. The molecule has 0 spiro atoms. The zero-order chi connectivity index (χ0) is 18.2. The van der Waals surface area contributed by atoms with Crippen LogP contribution in [-0.4, -0.2) is 29.7 Å². The van der Waals surface area contributed by atoms with Crippen molar-refractivity contribution in [2.75, 3.05) is 13.1 Å². The van der Waals surface area contributed by atoms with Crippen molar-refractivity contribution in [3.63, 3.8) is 0 Å². The number of hydrogen-bond donors (Lipinski definition) is 0. The van der Waals surface area contributed by atoms with Gasteiger partial charge in [0.1, 0.15) is 17.5 Å². The molecule has 1 aliphatic rings. The van der Waals surface area contributed by atoms with Crippen LogP contribution >= 0.6 is 11.3 Å². The van der Waals surface area contributed by atoms with Gasteiger partial charge in [0.05, 0.1) is 10.3 Å². The largest absolute Gasteiger partial charge is 0.444 e. The van der Waals surface area contributed by atoms with Crippen LogP contribution in [0.25, 0.3) is 15.7 Å². The molecule has 25 heavy (non-hydrogen) atoms. The van der Waals surface area contributed by atoms with Crippen LogP contribution in [0.3, 0.4) is 0 Å². The van der Waals surface area contributed by atoms with Gasteiger partial charge in [-0.05, 0) is 55.8 Å². The van der Waals surface area contributed by atoms with Crippen molar-refractivity contribution in [2.24, 2.45) is 0 Å². The fraction of sp³-hybridized carbons (Fsp3) is 0.368. The number of thiophene rings is 1. The van der Waals surface area contributed by atoms with Crippen molar-refractivity contribution in [2.45, 2.75) is 32.8 Å². The molecule has 0 saturated carbocycles. The van der Waals surface area contributed by atoms with Gasteiger partial charge >= 0.3 is 6.09 Å². The van der Waals surface area contributed by atoms with E-state index in [1.165, 1.54) is 23.5 Å². The van der Waals surface area contributed by atoms with Crippen LogP contribution in [0.15, 0.2) is 23.6 Å². The second-order valence-corrected chi connectivity index (χ2v) is 7.89. The van der Waals surface area contributed by atoms with Crippen LogP contribution in [0.5, 0.6) is 0 Å². The van der Waals surface area contributed by atoms with Gasteiger partial charge in [-0.3, -0.25) is 0 Å². The lowest BCUT2D eigenvalue weighted by molar-refractivity contribution is 0.0273. The molecule has 130 valence electrons. The summed E-state index contributed by atoms with van der Waals surface area (Å²) in [6, 6.07) is 4.75. The molecule has 0 saturated heterocycles. The summed E-state index contributed by atoms with van der Waals surface area (Å²) in [7, 11) is 0. The molecule has 0 unspecified atom stereocenters. The smallest absolute Gasteiger partial charge is 0.410 e. The number of rotatable bonds is 1. The molecule has 1 aliphatic heterocycles. The number of ether oxygens (including phenoxy) is 1. The summed E-state index contributed by atoms with van der Waals surface area (Å²) in [5, 5.41) is 11.9. The Balaban J connectivity index is 1.91. The number of benzene rings is 1. The number of halogens is 1. The molecule has 1 aromatic carbocycles. The Hall–Kier alpha value is -2.39. The summed E-state index contributed by atoms with van der Waals surface area (Å²) in [5.74, 6) is -0.427. The third kappa shape index (κ3) is 3.67. The first-order valence-corrected chi connectivity index (χ1v) is 8.94. The van der Waals surface area contributed by atoms with E-state index in [0.29, 0.717) is 25.1 Å². The number of amides is 1. The third-order valence-electron chi connectivity index (χ3n) is 3.91. The van der Waals surface area contributed by atoms with Crippen LogP contribution in [0, 0.1) is 17.1 Å². The van der Waals surface area contributed by atoms with Crippen LogP contribution in [0.4, 0.5) is 9.18 Å². The Morgan fingerprint density at radius 2 is 2.16 bits per heavy atom. The molecule has 1 amide bonds. The molecule has 1 aromatic heterocycles. The van der Waals surface area contributed by atoms with Crippen LogP contribution in [0.2, 0.25) is 0 Å². The minimum atomic E-state index is -0.543. The van der Waals surface area contributed by atoms with Gasteiger partial charge in [-0.2, -0.15) is 5.26 Å². The lowest BCUT2D eigenvalue weighted by Gasteiger charge is -2.30. The molecule has 0 bridgehead atoms. The fourth-order valence-corrected chi connectivity index (χ4v) is 3.90. The first-order chi connectivity index (χ1) is 11.8. The number of carbonyl (C=O) groups excluding carboxylic acids is 1. The van der Waals surface area contributed by atoms with E-state index in [4.69, 9.17) is 4.74 Å². The van der Waals surface area contributed by atoms with Crippen LogP contribution < -0.4 is 0 Å². The molecule has 0 aliphatic carbocycles. The van der Waals surface area contributed by atoms with Crippen molar-refractivity contribution < 1.29 is 13.9 Å². The highest BCUT2D eigenvalue weighted by atomic mass is 32.1. The van der Waals surface area contributed by atoms with E-state index in [0.717, 1.165) is 21.2 Å². The molecule has 0 atom stereocenters. The second kappa shape index (κ2) is 6.49. The zero-order valence-corrected chi connectivity index (χ0v) is 15.2. The normalized spacial score (nSPS) is 15.0. The number of nitrogens with zero attached hydrogens (tertiary/aromatic N) is 2. The fourth-order valence-electron chi connectivity index (χ4n) is 2.85. The topological polar surface area (TPSA) is 53.3 Å². The summed E-state index contributed by atoms with van der Waals surface area (Å²) in [6.07, 6.45) is 2.44. The third-order valence-corrected chi connectivity index (χ3v) is 4.94. The molecule has 2 aromatic rings. The molecule has 0 N–H and O–H groups in total. The molecule has 0 radical (unpaired) electrons. The first-order valence-electron chi connectivity index (χ1n) is 8.06. The van der Waals surface area contributed by atoms with Crippen molar-refractivity contribution in [3.8, 4) is 6.07 Å². The highest BCUT2D eigenvalue weighted by molar-refractivity contribution is 7.17.